The van der Waals surface area contributed by atoms with E-state index < -0.39 is 4.92 Å². The lowest BCUT2D eigenvalue weighted by molar-refractivity contribution is -0.384. The molecule has 0 aliphatic carbocycles. The van der Waals surface area contributed by atoms with E-state index in [0.717, 1.165) is 13.0 Å². The lowest BCUT2D eigenvalue weighted by Gasteiger charge is -2.11. The third-order valence-corrected chi connectivity index (χ3v) is 2.76. The molecule has 0 aromatic heterocycles. The average molecular weight is 243 g/mol. The Labute approximate surface area is 97.5 Å². The van der Waals surface area contributed by atoms with E-state index in [1.807, 2.05) is 0 Å². The average Bonchev–Trinajstić information content (AvgIpc) is 2.73. The molecule has 0 bridgehead atoms. The van der Waals surface area contributed by atoms with Gasteiger partial charge in [-0.3, -0.25) is 10.1 Å². The molecule has 1 atom stereocenters. The number of halogens is 1. The van der Waals surface area contributed by atoms with Gasteiger partial charge in [-0.05, 0) is 18.6 Å². The fourth-order valence-electron chi connectivity index (χ4n) is 1.63. The molecule has 1 aliphatic heterocycles. The highest BCUT2D eigenvalue weighted by atomic mass is 35.5. The van der Waals surface area contributed by atoms with Gasteiger partial charge in [0, 0.05) is 18.4 Å². The van der Waals surface area contributed by atoms with Crippen LogP contribution in [0.1, 0.15) is 6.42 Å². The number of hydrogen-bond donors (Lipinski definition) is 1. The Kier molecular flexibility index (Phi) is 3.26. The van der Waals surface area contributed by atoms with Gasteiger partial charge >= 0.3 is 0 Å². The summed E-state index contributed by atoms with van der Waals surface area (Å²) in [6, 6.07) is 4.92. The first-order valence-electron chi connectivity index (χ1n) is 4.95. The Morgan fingerprint density at radius 2 is 2.38 bits per heavy atom. The molecule has 0 radical (unpaired) electrons. The Morgan fingerprint density at radius 3 is 3.00 bits per heavy atom. The summed E-state index contributed by atoms with van der Waals surface area (Å²) < 4.78 is 5.21. The standard InChI is InChI=1S/C10H11ClN2O3/c11-9-2-1-7(5-10(9)13(14)15)12-8-3-4-16-6-8/h1-2,5,8,12H,3-4,6H2. The number of nitro benzene ring substituents is 1. The second-order valence-electron chi connectivity index (χ2n) is 3.63. The van der Waals surface area contributed by atoms with Crippen molar-refractivity contribution in [3.63, 3.8) is 0 Å². The Balaban J connectivity index is 2.15. The number of rotatable bonds is 3. The van der Waals surface area contributed by atoms with Crippen LogP contribution in [0.2, 0.25) is 5.02 Å². The molecule has 5 nitrogen and oxygen atoms in total. The zero-order valence-corrected chi connectivity index (χ0v) is 9.24. The van der Waals surface area contributed by atoms with E-state index in [1.165, 1.54) is 12.1 Å². The van der Waals surface area contributed by atoms with Gasteiger partial charge in [-0.15, -0.1) is 0 Å². The summed E-state index contributed by atoms with van der Waals surface area (Å²) in [6.07, 6.45) is 0.913. The molecule has 16 heavy (non-hydrogen) atoms. The monoisotopic (exact) mass is 242 g/mol. The topological polar surface area (TPSA) is 64.4 Å². The van der Waals surface area contributed by atoms with Gasteiger partial charge < -0.3 is 10.1 Å². The van der Waals surface area contributed by atoms with Gasteiger partial charge in [0.1, 0.15) is 5.02 Å². The molecule has 1 aromatic rings. The third kappa shape index (κ3) is 2.43. The van der Waals surface area contributed by atoms with Crippen LogP contribution in [0.4, 0.5) is 11.4 Å². The van der Waals surface area contributed by atoms with Crippen molar-refractivity contribution in [3.05, 3.63) is 33.3 Å². The number of hydrogen-bond acceptors (Lipinski definition) is 4. The Morgan fingerprint density at radius 1 is 1.56 bits per heavy atom. The van der Waals surface area contributed by atoms with Crippen LogP contribution in [0, 0.1) is 10.1 Å². The molecule has 0 saturated carbocycles. The van der Waals surface area contributed by atoms with Crippen molar-refractivity contribution < 1.29 is 9.66 Å². The number of benzene rings is 1. The van der Waals surface area contributed by atoms with Crippen LogP contribution in [0.3, 0.4) is 0 Å². The summed E-state index contributed by atoms with van der Waals surface area (Å²) in [5, 5.41) is 14.0. The van der Waals surface area contributed by atoms with Crippen molar-refractivity contribution in [1.82, 2.24) is 0 Å². The number of nitro groups is 1. The molecule has 1 N–H and O–H groups in total. The summed E-state index contributed by atoms with van der Waals surface area (Å²) in [7, 11) is 0. The molecule has 2 rings (SSSR count). The molecule has 1 saturated heterocycles. The van der Waals surface area contributed by atoms with Gasteiger partial charge in [-0.2, -0.15) is 0 Å². The highest BCUT2D eigenvalue weighted by Gasteiger charge is 2.17. The largest absolute Gasteiger partial charge is 0.380 e. The predicted molar refractivity (Wildman–Crippen MR) is 61.0 cm³/mol. The van der Waals surface area contributed by atoms with Gasteiger partial charge in [0.05, 0.1) is 17.6 Å². The minimum atomic E-state index is -0.487. The zero-order valence-electron chi connectivity index (χ0n) is 8.48. The molecule has 1 aliphatic rings. The molecule has 1 heterocycles. The van der Waals surface area contributed by atoms with Gasteiger partial charge in [-0.25, -0.2) is 0 Å². The van der Waals surface area contributed by atoms with E-state index in [1.54, 1.807) is 6.07 Å². The van der Waals surface area contributed by atoms with Gasteiger partial charge in [0.15, 0.2) is 0 Å². The molecule has 0 amide bonds. The van der Waals surface area contributed by atoms with Gasteiger partial charge in [-0.1, -0.05) is 11.6 Å². The summed E-state index contributed by atoms with van der Waals surface area (Å²) in [6.45, 7) is 1.36. The molecule has 6 heteroatoms. The van der Waals surface area contributed by atoms with Gasteiger partial charge in [0.25, 0.3) is 5.69 Å². The van der Waals surface area contributed by atoms with E-state index in [-0.39, 0.29) is 16.8 Å². The molecule has 86 valence electrons. The summed E-state index contributed by atoms with van der Waals surface area (Å²) in [5.41, 5.74) is 0.622. The van der Waals surface area contributed by atoms with E-state index in [4.69, 9.17) is 16.3 Å². The maximum absolute atomic E-state index is 10.7. The smallest absolute Gasteiger partial charge is 0.289 e. The van der Waals surface area contributed by atoms with Crippen LogP contribution in [0.5, 0.6) is 0 Å². The first kappa shape index (κ1) is 11.2. The minimum Gasteiger partial charge on any atom is -0.380 e. The van der Waals surface area contributed by atoms with Crippen molar-refractivity contribution in [3.8, 4) is 0 Å². The second-order valence-corrected chi connectivity index (χ2v) is 4.04. The lowest BCUT2D eigenvalue weighted by atomic mass is 10.2. The minimum absolute atomic E-state index is 0.0782. The van der Waals surface area contributed by atoms with Crippen LogP contribution in [0.15, 0.2) is 18.2 Å². The van der Waals surface area contributed by atoms with Gasteiger partial charge in [0.2, 0.25) is 0 Å². The second kappa shape index (κ2) is 4.67. The predicted octanol–water partition coefficient (Wildman–Crippen LogP) is 2.45. The van der Waals surface area contributed by atoms with Crippen molar-refractivity contribution >= 4 is 23.0 Å². The van der Waals surface area contributed by atoms with Crippen LogP contribution in [-0.4, -0.2) is 24.2 Å². The molecule has 1 unspecified atom stereocenters. The molecular formula is C10H11ClN2O3. The normalized spacial score (nSPS) is 19.7. The van der Waals surface area contributed by atoms with E-state index in [2.05, 4.69) is 5.32 Å². The van der Waals surface area contributed by atoms with Crippen molar-refractivity contribution in [1.29, 1.82) is 0 Å². The van der Waals surface area contributed by atoms with Crippen molar-refractivity contribution in [2.45, 2.75) is 12.5 Å². The molecule has 1 aromatic carbocycles. The summed E-state index contributed by atoms with van der Waals surface area (Å²) >= 11 is 5.71. The number of nitrogens with one attached hydrogen (secondary N) is 1. The van der Waals surface area contributed by atoms with Crippen LogP contribution in [-0.2, 0) is 4.74 Å². The first-order chi connectivity index (χ1) is 7.66. The van der Waals surface area contributed by atoms with Crippen LogP contribution < -0.4 is 5.32 Å². The summed E-state index contributed by atoms with van der Waals surface area (Å²) in [5.74, 6) is 0. The summed E-state index contributed by atoms with van der Waals surface area (Å²) in [4.78, 5) is 10.2. The Bertz CT molecular complexity index is 405. The Hall–Kier alpha value is -1.33. The van der Waals surface area contributed by atoms with E-state index in [0.29, 0.717) is 12.3 Å². The molecule has 1 fully saturated rings. The highest BCUT2D eigenvalue weighted by molar-refractivity contribution is 6.32. The lowest BCUT2D eigenvalue weighted by Crippen LogP contribution is -2.18. The maximum atomic E-state index is 10.7. The van der Waals surface area contributed by atoms with Crippen molar-refractivity contribution in [2.75, 3.05) is 18.5 Å². The quantitative estimate of drug-likeness (QED) is 0.653. The first-order valence-corrected chi connectivity index (χ1v) is 5.33. The third-order valence-electron chi connectivity index (χ3n) is 2.44. The van der Waals surface area contributed by atoms with Crippen LogP contribution in [0.25, 0.3) is 0 Å². The fourth-order valence-corrected chi connectivity index (χ4v) is 1.81. The number of ether oxygens (including phenoxy) is 1. The molecular weight excluding hydrogens is 232 g/mol. The number of anilines is 1. The molecule has 0 spiro atoms. The fraction of sp³-hybridized carbons (Fsp3) is 0.400. The SMILES string of the molecule is O=[N+]([O-])c1cc(NC2CCOC2)ccc1Cl. The number of nitrogens with zero attached hydrogens (tertiary/aromatic N) is 1. The maximum Gasteiger partial charge on any atom is 0.289 e. The zero-order chi connectivity index (χ0) is 11.5. The van der Waals surface area contributed by atoms with Crippen LogP contribution >= 0.6 is 11.6 Å². The van der Waals surface area contributed by atoms with E-state index in [9.17, 15) is 10.1 Å². The highest BCUT2D eigenvalue weighted by Crippen LogP contribution is 2.28. The van der Waals surface area contributed by atoms with Crippen molar-refractivity contribution in [2.24, 2.45) is 0 Å². The van der Waals surface area contributed by atoms with E-state index >= 15 is 0 Å².